The molecule has 2 heterocycles. The van der Waals surface area contributed by atoms with Gasteiger partial charge < -0.3 is 5.73 Å². The third-order valence-corrected chi connectivity index (χ3v) is 8.67. The molecule has 0 bridgehead atoms. The zero-order valence-electron chi connectivity index (χ0n) is 21.3. The summed E-state index contributed by atoms with van der Waals surface area (Å²) in [5.74, 6) is 0.376. The zero-order valence-corrected chi connectivity index (χ0v) is 24.4. The molecule has 1 unspecified atom stereocenters. The number of benzene rings is 2. The number of aromatic nitrogens is 2. The van der Waals surface area contributed by atoms with Crippen LogP contribution in [0.2, 0.25) is 5.02 Å². The van der Waals surface area contributed by atoms with Gasteiger partial charge in [0.05, 0.1) is 40.1 Å². The Labute approximate surface area is 236 Å². The van der Waals surface area contributed by atoms with Crippen molar-refractivity contribution < 1.29 is 17.4 Å². The summed E-state index contributed by atoms with van der Waals surface area (Å²) < 4.78 is 56.2. The first-order valence-electron chi connectivity index (χ1n) is 12.4. The maximum atomic E-state index is 14.1. The van der Waals surface area contributed by atoms with E-state index in [0.717, 1.165) is 45.0 Å². The molecule has 12 heteroatoms. The number of fused-ring (bicyclic) bond motifs is 1. The minimum atomic E-state index is -4.63. The van der Waals surface area contributed by atoms with E-state index in [9.17, 15) is 22.2 Å². The Kier molecular flexibility index (Phi) is 10.9. The summed E-state index contributed by atoms with van der Waals surface area (Å²) >= 11 is 9.45. The minimum Gasteiger partial charge on any atom is -0.331 e. The molecule has 6 nitrogen and oxygen atoms in total. The number of nitrogens with zero attached hydrogens (tertiary/aromatic N) is 3. The van der Waals surface area contributed by atoms with Crippen molar-refractivity contribution in [3.63, 3.8) is 0 Å². The van der Waals surface area contributed by atoms with Gasteiger partial charge in [-0.1, -0.05) is 31.9 Å². The first-order chi connectivity index (χ1) is 18.0. The standard InChI is InChI=1S/C24H24BrClF3N3O2S.C2H7N/c1-2-35(34)20-7-6-16(26)10-15(20)12-32-14-30-22-17(23(32)33)11-19(24(27,28)29)18(21(22)25)13-31-8-4-3-5-9-31;1-2-3/h6-7,10-11,14H,2-5,8-9,12-13H2,1H3;2-3H2,1H3. The maximum absolute atomic E-state index is 14.1. The highest BCUT2D eigenvalue weighted by Gasteiger charge is 2.36. The predicted molar refractivity (Wildman–Crippen MR) is 150 cm³/mol. The Hall–Kier alpha value is -1.79. The van der Waals surface area contributed by atoms with Gasteiger partial charge in [0.25, 0.3) is 5.56 Å². The van der Waals surface area contributed by atoms with E-state index < -0.39 is 28.1 Å². The van der Waals surface area contributed by atoms with Crippen LogP contribution in [0.5, 0.6) is 0 Å². The topological polar surface area (TPSA) is 81.2 Å². The van der Waals surface area contributed by atoms with Crippen LogP contribution in [-0.2, 0) is 30.1 Å². The predicted octanol–water partition coefficient (Wildman–Crippen LogP) is 5.96. The summed E-state index contributed by atoms with van der Waals surface area (Å²) in [6.45, 7) is 6.01. The zero-order chi connectivity index (χ0) is 28.0. The number of hydrogen-bond donors (Lipinski definition) is 1. The van der Waals surface area contributed by atoms with E-state index in [-0.39, 0.29) is 34.0 Å². The molecule has 1 aliphatic rings. The molecular weight excluding hydrogens is 605 g/mol. The maximum Gasteiger partial charge on any atom is 0.416 e. The first kappa shape index (κ1) is 30.7. The van der Waals surface area contributed by atoms with Crippen LogP contribution in [0.3, 0.4) is 0 Å². The number of likely N-dealkylation sites (tertiary alicyclic amines) is 1. The Morgan fingerprint density at radius 2 is 1.79 bits per heavy atom. The highest BCUT2D eigenvalue weighted by molar-refractivity contribution is 9.10. The van der Waals surface area contributed by atoms with E-state index >= 15 is 0 Å². The van der Waals surface area contributed by atoms with E-state index in [1.54, 1.807) is 25.1 Å². The normalized spacial score (nSPS) is 15.3. The molecule has 1 fully saturated rings. The smallest absolute Gasteiger partial charge is 0.331 e. The average molecular weight is 636 g/mol. The Bertz CT molecular complexity index is 1360. The molecule has 3 aromatic rings. The Morgan fingerprint density at radius 3 is 2.39 bits per heavy atom. The summed E-state index contributed by atoms with van der Waals surface area (Å²) in [6, 6.07) is 5.78. The quantitative estimate of drug-likeness (QED) is 0.362. The molecule has 0 amide bonds. The van der Waals surface area contributed by atoms with Gasteiger partial charge in [-0.2, -0.15) is 13.2 Å². The number of piperidine rings is 1. The van der Waals surface area contributed by atoms with Crippen molar-refractivity contribution in [1.82, 2.24) is 14.5 Å². The molecule has 1 aromatic heterocycles. The number of nitrogens with two attached hydrogens (primary N) is 1. The lowest BCUT2D eigenvalue weighted by molar-refractivity contribution is -0.138. The molecule has 2 N–H and O–H groups in total. The van der Waals surface area contributed by atoms with Crippen molar-refractivity contribution in [2.75, 3.05) is 25.4 Å². The largest absolute Gasteiger partial charge is 0.416 e. The molecule has 0 aliphatic carbocycles. The monoisotopic (exact) mass is 634 g/mol. The van der Waals surface area contributed by atoms with Crippen molar-refractivity contribution in [2.24, 2.45) is 5.73 Å². The van der Waals surface area contributed by atoms with Gasteiger partial charge in [-0.25, -0.2) is 4.98 Å². The summed E-state index contributed by atoms with van der Waals surface area (Å²) in [5.41, 5.74) is 4.23. The van der Waals surface area contributed by atoms with Gasteiger partial charge in [-0.05, 0) is 83.8 Å². The summed E-state index contributed by atoms with van der Waals surface area (Å²) in [5, 5.41) is 0.275. The van der Waals surface area contributed by atoms with E-state index in [0.29, 0.717) is 21.2 Å². The van der Waals surface area contributed by atoms with Crippen LogP contribution in [0.15, 0.2) is 44.8 Å². The lowest BCUT2D eigenvalue weighted by Gasteiger charge is -2.28. The van der Waals surface area contributed by atoms with Crippen molar-refractivity contribution in [3.8, 4) is 0 Å². The number of alkyl halides is 3. The van der Waals surface area contributed by atoms with Crippen LogP contribution in [0.1, 0.15) is 49.8 Å². The fourth-order valence-corrected chi connectivity index (χ4v) is 6.19. The third-order valence-electron chi connectivity index (χ3n) is 6.17. The SMILES string of the molecule is CCN.CCS(=O)c1ccc(Cl)cc1Cn1cnc2c(Br)c(CN3CCCCC3)c(C(F)(F)F)cc2c1=O. The fraction of sp³-hybridized carbons (Fsp3) is 0.462. The number of rotatable bonds is 6. The fourth-order valence-electron chi connectivity index (χ4n) is 4.40. The second-order valence-corrected chi connectivity index (χ2v) is 11.9. The van der Waals surface area contributed by atoms with E-state index in [1.165, 1.54) is 10.9 Å². The van der Waals surface area contributed by atoms with Crippen LogP contribution in [0.25, 0.3) is 10.9 Å². The van der Waals surface area contributed by atoms with Crippen LogP contribution >= 0.6 is 27.5 Å². The van der Waals surface area contributed by atoms with Gasteiger partial charge in [0.1, 0.15) is 0 Å². The molecule has 0 saturated carbocycles. The minimum absolute atomic E-state index is 0.0160. The van der Waals surface area contributed by atoms with Crippen molar-refractivity contribution in [1.29, 1.82) is 0 Å². The Balaban J connectivity index is 0.00000127. The molecule has 0 spiro atoms. The van der Waals surface area contributed by atoms with E-state index in [1.807, 2.05) is 11.8 Å². The van der Waals surface area contributed by atoms with Gasteiger partial charge in [-0.15, -0.1) is 0 Å². The van der Waals surface area contributed by atoms with Gasteiger partial charge in [0.2, 0.25) is 0 Å². The molecule has 1 aliphatic heterocycles. The molecule has 0 radical (unpaired) electrons. The second-order valence-electron chi connectivity index (χ2n) is 8.92. The Morgan fingerprint density at radius 1 is 1.13 bits per heavy atom. The number of halogens is 5. The first-order valence-corrected chi connectivity index (χ1v) is 14.9. The van der Waals surface area contributed by atoms with Crippen molar-refractivity contribution in [3.05, 3.63) is 67.1 Å². The molecule has 38 heavy (non-hydrogen) atoms. The van der Waals surface area contributed by atoms with Gasteiger partial charge in [-0.3, -0.25) is 18.5 Å². The molecule has 2 aromatic carbocycles. The van der Waals surface area contributed by atoms with Crippen LogP contribution < -0.4 is 11.3 Å². The summed E-state index contributed by atoms with van der Waals surface area (Å²) in [4.78, 5) is 20.2. The van der Waals surface area contributed by atoms with Crippen LogP contribution in [-0.4, -0.2) is 44.0 Å². The van der Waals surface area contributed by atoms with Crippen LogP contribution in [0.4, 0.5) is 13.2 Å². The van der Waals surface area contributed by atoms with E-state index in [2.05, 4.69) is 20.9 Å². The van der Waals surface area contributed by atoms with Gasteiger partial charge >= 0.3 is 6.18 Å². The molecule has 1 atom stereocenters. The lowest BCUT2D eigenvalue weighted by Crippen LogP contribution is -2.30. The van der Waals surface area contributed by atoms with Gasteiger partial charge in [0.15, 0.2) is 0 Å². The summed E-state index contributed by atoms with van der Waals surface area (Å²) in [6.07, 6.45) is -0.351. The molecular formula is C26H31BrClF3N4O2S. The molecule has 208 valence electrons. The number of hydrogen-bond acceptors (Lipinski definition) is 5. The van der Waals surface area contributed by atoms with Gasteiger partial charge in [0, 0.05) is 26.7 Å². The summed E-state index contributed by atoms with van der Waals surface area (Å²) in [7, 11) is -1.30. The highest BCUT2D eigenvalue weighted by atomic mass is 79.9. The molecule has 1 saturated heterocycles. The van der Waals surface area contributed by atoms with Crippen molar-refractivity contribution in [2.45, 2.75) is 57.3 Å². The average Bonchev–Trinajstić information content (AvgIpc) is 2.87. The van der Waals surface area contributed by atoms with E-state index in [4.69, 9.17) is 17.3 Å². The highest BCUT2D eigenvalue weighted by Crippen LogP contribution is 2.39. The molecule has 4 rings (SSSR count). The lowest BCUT2D eigenvalue weighted by atomic mass is 10.0. The third kappa shape index (κ3) is 7.24. The van der Waals surface area contributed by atoms with Crippen molar-refractivity contribution >= 4 is 49.2 Å². The second kappa shape index (κ2) is 13.5. The van der Waals surface area contributed by atoms with Crippen LogP contribution in [0, 0.1) is 0 Å².